The van der Waals surface area contributed by atoms with Crippen LogP contribution < -0.4 is 5.73 Å². The number of pyridine rings is 1. The van der Waals surface area contributed by atoms with Crippen molar-refractivity contribution in [3.8, 4) is 11.8 Å². The van der Waals surface area contributed by atoms with E-state index in [1.165, 1.54) is 6.08 Å². The van der Waals surface area contributed by atoms with Crippen molar-refractivity contribution < 1.29 is 9.53 Å². The van der Waals surface area contributed by atoms with Crippen LogP contribution in [-0.2, 0) is 16.1 Å². The van der Waals surface area contributed by atoms with Gasteiger partial charge in [0.1, 0.15) is 5.82 Å². The van der Waals surface area contributed by atoms with Gasteiger partial charge < -0.3 is 24.5 Å². The lowest BCUT2D eigenvalue weighted by atomic mass is 10.1. The highest BCUT2D eigenvalue weighted by Crippen LogP contribution is 2.34. The lowest BCUT2D eigenvalue weighted by Crippen LogP contribution is -2.37. The molecule has 2 N–H and O–H groups in total. The van der Waals surface area contributed by atoms with Crippen molar-refractivity contribution in [2.75, 3.05) is 26.0 Å². The van der Waals surface area contributed by atoms with Crippen molar-refractivity contribution in [1.29, 1.82) is 0 Å². The molecule has 35 heavy (non-hydrogen) atoms. The van der Waals surface area contributed by atoms with Crippen LogP contribution >= 0.6 is 0 Å². The first kappa shape index (κ1) is 22.7. The molecule has 1 aliphatic heterocycles. The second-order valence-electron chi connectivity index (χ2n) is 8.72. The fourth-order valence-electron chi connectivity index (χ4n) is 4.99. The smallest absolute Gasteiger partial charge is 0.246 e. The average Bonchev–Trinajstić information content (AvgIpc) is 3.57. The number of carbonyl (C=O) groups is 1. The summed E-state index contributed by atoms with van der Waals surface area (Å²) in [6.07, 6.45) is 7.70. The molecular weight excluding hydrogens is 440 g/mol. The molecule has 8 nitrogen and oxygen atoms in total. The zero-order chi connectivity index (χ0) is 24.5. The molecule has 0 spiro atoms. The standard InChI is InChI=1S/C27H28N6O2/c1-4-25(34)33-15-20(13-21(33)16-35-3)32-14-19(26-24(32)10-11-29-27(26)28)8-6-18-7-9-23-22(12-18)30-17-31(23)5-2/h4,7,9-12,14,17,20-21H,1,5,13,15-16H2,2-3H3,(H2,28,29)/t20?,21-/m1/s1. The predicted octanol–water partition coefficient (Wildman–Crippen LogP) is 3.36. The minimum Gasteiger partial charge on any atom is -0.383 e. The molecule has 1 aromatic carbocycles. The summed E-state index contributed by atoms with van der Waals surface area (Å²) >= 11 is 0. The van der Waals surface area contributed by atoms with Crippen molar-refractivity contribution in [2.45, 2.75) is 32.0 Å². The minimum atomic E-state index is -0.0897. The Labute approximate surface area is 204 Å². The molecule has 178 valence electrons. The SMILES string of the molecule is C=CC(=O)N1CC(n2cc(C#Cc3ccc4c(c3)ncn4CC)c3c(N)nccc32)C[C@@H]1COC. The van der Waals surface area contributed by atoms with Gasteiger partial charge in [-0.25, -0.2) is 9.97 Å². The van der Waals surface area contributed by atoms with E-state index in [2.05, 4.69) is 50.5 Å². The number of amides is 1. The average molecular weight is 469 g/mol. The van der Waals surface area contributed by atoms with Gasteiger partial charge in [-0.15, -0.1) is 0 Å². The number of imidazole rings is 1. The summed E-state index contributed by atoms with van der Waals surface area (Å²) in [5.74, 6) is 6.93. The van der Waals surface area contributed by atoms with Crippen LogP contribution in [0.5, 0.6) is 0 Å². The molecule has 3 aromatic heterocycles. The maximum absolute atomic E-state index is 12.5. The largest absolute Gasteiger partial charge is 0.383 e. The summed E-state index contributed by atoms with van der Waals surface area (Å²) in [5, 5.41) is 0.827. The molecule has 4 aromatic rings. The lowest BCUT2D eigenvalue weighted by Gasteiger charge is -2.22. The molecule has 8 heteroatoms. The van der Waals surface area contributed by atoms with Crippen LogP contribution in [0.3, 0.4) is 0 Å². The minimum absolute atomic E-state index is 0.0173. The summed E-state index contributed by atoms with van der Waals surface area (Å²) in [5.41, 5.74) is 11.0. The van der Waals surface area contributed by atoms with Gasteiger partial charge in [-0.3, -0.25) is 4.79 Å². The van der Waals surface area contributed by atoms with E-state index < -0.39 is 0 Å². The molecule has 1 saturated heterocycles. The Morgan fingerprint density at radius 1 is 1.29 bits per heavy atom. The first-order chi connectivity index (χ1) is 17.0. The molecule has 0 radical (unpaired) electrons. The monoisotopic (exact) mass is 468 g/mol. The maximum Gasteiger partial charge on any atom is 0.246 e. The van der Waals surface area contributed by atoms with E-state index in [0.717, 1.165) is 46.0 Å². The van der Waals surface area contributed by atoms with Crippen molar-refractivity contribution in [2.24, 2.45) is 0 Å². The topological polar surface area (TPSA) is 91.2 Å². The number of aryl methyl sites for hydroxylation is 1. The summed E-state index contributed by atoms with van der Waals surface area (Å²) in [7, 11) is 1.65. The van der Waals surface area contributed by atoms with E-state index in [-0.39, 0.29) is 18.0 Å². The van der Waals surface area contributed by atoms with Crippen molar-refractivity contribution in [1.82, 2.24) is 24.0 Å². The number of hydrogen-bond donors (Lipinski definition) is 1. The molecule has 0 aliphatic carbocycles. The number of benzene rings is 1. The molecule has 1 amide bonds. The van der Waals surface area contributed by atoms with E-state index in [1.54, 1.807) is 13.3 Å². The molecule has 1 aliphatic rings. The number of fused-ring (bicyclic) bond motifs is 2. The summed E-state index contributed by atoms with van der Waals surface area (Å²) in [6, 6.07) is 8.05. The van der Waals surface area contributed by atoms with E-state index in [9.17, 15) is 4.79 Å². The Balaban J connectivity index is 1.53. The number of nitrogens with two attached hydrogens (primary N) is 1. The normalized spacial score (nSPS) is 17.6. The van der Waals surface area contributed by atoms with Crippen LogP contribution in [-0.4, -0.2) is 56.2 Å². The van der Waals surface area contributed by atoms with Gasteiger partial charge in [0.15, 0.2) is 0 Å². The van der Waals surface area contributed by atoms with Crippen molar-refractivity contribution in [3.05, 3.63) is 66.8 Å². The van der Waals surface area contributed by atoms with Gasteiger partial charge in [0.25, 0.3) is 0 Å². The van der Waals surface area contributed by atoms with Crippen LogP contribution in [0.15, 0.2) is 55.6 Å². The first-order valence-electron chi connectivity index (χ1n) is 11.7. The fraction of sp³-hybridized carbons (Fsp3) is 0.296. The Kier molecular flexibility index (Phi) is 6.01. The maximum atomic E-state index is 12.5. The second-order valence-corrected chi connectivity index (χ2v) is 8.72. The first-order valence-corrected chi connectivity index (χ1v) is 11.7. The number of rotatable bonds is 5. The molecule has 1 unspecified atom stereocenters. The van der Waals surface area contributed by atoms with Crippen LogP contribution in [0, 0.1) is 11.8 Å². The summed E-state index contributed by atoms with van der Waals surface area (Å²) < 4.78 is 9.65. The third-order valence-electron chi connectivity index (χ3n) is 6.68. The summed E-state index contributed by atoms with van der Waals surface area (Å²) in [4.78, 5) is 23.1. The number of anilines is 1. The van der Waals surface area contributed by atoms with E-state index in [4.69, 9.17) is 10.5 Å². The van der Waals surface area contributed by atoms with Crippen molar-refractivity contribution >= 4 is 33.7 Å². The van der Waals surface area contributed by atoms with Gasteiger partial charge in [0.2, 0.25) is 5.91 Å². The Hall–Kier alpha value is -4.09. The number of methoxy groups -OCH3 is 1. The summed E-state index contributed by atoms with van der Waals surface area (Å²) in [6.45, 7) is 7.66. The predicted molar refractivity (Wildman–Crippen MR) is 137 cm³/mol. The van der Waals surface area contributed by atoms with Crippen LogP contribution in [0.25, 0.3) is 21.9 Å². The lowest BCUT2D eigenvalue weighted by molar-refractivity contribution is -0.127. The van der Waals surface area contributed by atoms with E-state index in [0.29, 0.717) is 19.0 Å². The number of hydrogen-bond acceptors (Lipinski definition) is 5. The van der Waals surface area contributed by atoms with Crippen LogP contribution in [0.4, 0.5) is 5.82 Å². The highest BCUT2D eigenvalue weighted by Gasteiger charge is 2.35. The highest BCUT2D eigenvalue weighted by molar-refractivity contribution is 5.95. The van der Waals surface area contributed by atoms with E-state index >= 15 is 0 Å². The third kappa shape index (κ3) is 4.04. The molecule has 5 rings (SSSR count). The molecule has 0 saturated carbocycles. The number of carbonyl (C=O) groups excluding carboxylic acids is 1. The van der Waals surface area contributed by atoms with Gasteiger partial charge in [0, 0.05) is 38.2 Å². The third-order valence-corrected chi connectivity index (χ3v) is 6.68. The Morgan fingerprint density at radius 3 is 2.91 bits per heavy atom. The molecule has 1 fully saturated rings. The molecular formula is C27H28N6O2. The molecule has 2 atom stereocenters. The Morgan fingerprint density at radius 2 is 2.14 bits per heavy atom. The number of nitrogen functional groups attached to an aromatic ring is 1. The number of ether oxygens (including phenoxy) is 1. The quantitative estimate of drug-likeness (QED) is 0.358. The van der Waals surface area contributed by atoms with Gasteiger partial charge in [-0.05, 0) is 43.7 Å². The van der Waals surface area contributed by atoms with Gasteiger partial charge in [-0.1, -0.05) is 18.4 Å². The van der Waals surface area contributed by atoms with Crippen LogP contribution in [0.2, 0.25) is 0 Å². The van der Waals surface area contributed by atoms with E-state index in [1.807, 2.05) is 35.6 Å². The zero-order valence-electron chi connectivity index (χ0n) is 19.9. The molecule has 0 bridgehead atoms. The fourth-order valence-corrected chi connectivity index (χ4v) is 4.99. The highest BCUT2D eigenvalue weighted by atomic mass is 16.5. The van der Waals surface area contributed by atoms with Gasteiger partial charge >= 0.3 is 0 Å². The van der Waals surface area contributed by atoms with Crippen molar-refractivity contribution in [3.63, 3.8) is 0 Å². The number of nitrogens with zero attached hydrogens (tertiary/aromatic N) is 5. The molecule has 4 heterocycles. The number of aromatic nitrogens is 4. The number of likely N-dealkylation sites (tertiary alicyclic amines) is 1. The van der Waals surface area contributed by atoms with Gasteiger partial charge in [0.05, 0.1) is 52.5 Å². The Bertz CT molecular complexity index is 1490. The zero-order valence-corrected chi connectivity index (χ0v) is 19.9. The van der Waals surface area contributed by atoms with Gasteiger partial charge in [-0.2, -0.15) is 0 Å². The second kappa shape index (κ2) is 9.28. The van der Waals surface area contributed by atoms with Crippen LogP contribution in [0.1, 0.15) is 30.5 Å².